The third-order valence-electron chi connectivity index (χ3n) is 4.55. The van der Waals surface area contributed by atoms with Crippen molar-refractivity contribution >= 4 is 15.9 Å². The minimum atomic E-state index is -3.23. The highest BCUT2D eigenvalue weighted by atomic mass is 32.2. The Morgan fingerprint density at radius 1 is 1.15 bits per heavy atom. The summed E-state index contributed by atoms with van der Waals surface area (Å²) in [4.78, 5) is 12.4. The molecule has 1 aliphatic heterocycles. The predicted octanol–water partition coefficient (Wildman–Crippen LogP) is 2.42. The summed E-state index contributed by atoms with van der Waals surface area (Å²) in [6.45, 7) is 1.30. The number of carbonyl (C=O) groups is 1. The first-order valence-electron chi connectivity index (χ1n) is 8.94. The van der Waals surface area contributed by atoms with Crippen molar-refractivity contribution in [1.82, 2.24) is 9.62 Å². The fourth-order valence-corrected chi connectivity index (χ4v) is 3.99. The van der Waals surface area contributed by atoms with Crippen LogP contribution < -0.4 is 10.1 Å². The summed E-state index contributed by atoms with van der Waals surface area (Å²) in [5, 5.41) is 2.93. The number of amides is 1. The molecule has 1 N–H and O–H groups in total. The lowest BCUT2D eigenvalue weighted by Gasteiger charge is -2.31. The van der Waals surface area contributed by atoms with E-state index in [1.54, 1.807) is 24.3 Å². The molecule has 0 aliphatic carbocycles. The lowest BCUT2D eigenvalue weighted by atomic mass is 10.1. The highest BCUT2D eigenvalue weighted by Crippen LogP contribution is 2.16. The molecule has 1 saturated heterocycles. The van der Waals surface area contributed by atoms with Gasteiger partial charge in [-0.25, -0.2) is 12.7 Å². The third kappa shape index (κ3) is 5.55. The van der Waals surface area contributed by atoms with E-state index in [4.69, 9.17) is 4.74 Å². The summed E-state index contributed by atoms with van der Waals surface area (Å²) in [5.74, 6) is 0.487. The van der Waals surface area contributed by atoms with Crippen LogP contribution in [0.5, 0.6) is 5.75 Å². The summed E-state index contributed by atoms with van der Waals surface area (Å²) in [5.41, 5.74) is 1.60. The van der Waals surface area contributed by atoms with Crippen molar-refractivity contribution in [3.05, 3.63) is 65.7 Å². The predicted molar refractivity (Wildman–Crippen MR) is 104 cm³/mol. The van der Waals surface area contributed by atoms with Crippen LogP contribution in [-0.4, -0.2) is 44.0 Å². The van der Waals surface area contributed by atoms with E-state index in [0.29, 0.717) is 31.0 Å². The number of ether oxygens (including phenoxy) is 1. The molecular formula is C20H24N2O4S. The van der Waals surface area contributed by atoms with Crippen LogP contribution >= 0.6 is 0 Å². The molecule has 0 bridgehead atoms. The molecule has 0 spiro atoms. The van der Waals surface area contributed by atoms with Crippen LogP contribution in [0.1, 0.15) is 28.8 Å². The van der Waals surface area contributed by atoms with Gasteiger partial charge in [0.15, 0.2) is 0 Å². The molecule has 6 nitrogen and oxygen atoms in total. The summed E-state index contributed by atoms with van der Waals surface area (Å²) in [7, 11) is -3.23. The number of benzene rings is 2. The maximum absolute atomic E-state index is 12.4. The van der Waals surface area contributed by atoms with Gasteiger partial charge in [-0.05, 0) is 42.7 Å². The maximum Gasteiger partial charge on any atom is 0.251 e. The number of rotatable bonds is 6. The highest BCUT2D eigenvalue weighted by molar-refractivity contribution is 7.88. The molecule has 1 unspecified atom stereocenters. The fraction of sp³-hybridized carbons (Fsp3) is 0.350. The van der Waals surface area contributed by atoms with Crippen molar-refractivity contribution in [3.63, 3.8) is 0 Å². The zero-order valence-electron chi connectivity index (χ0n) is 15.3. The molecule has 1 aliphatic rings. The lowest BCUT2D eigenvalue weighted by molar-refractivity contribution is 0.0921. The van der Waals surface area contributed by atoms with Gasteiger partial charge in [0.1, 0.15) is 12.4 Å². The van der Waals surface area contributed by atoms with Gasteiger partial charge in [0.25, 0.3) is 5.91 Å². The van der Waals surface area contributed by atoms with Crippen LogP contribution in [0.25, 0.3) is 0 Å². The average molecular weight is 388 g/mol. The minimum Gasteiger partial charge on any atom is -0.489 e. The first-order valence-corrected chi connectivity index (χ1v) is 10.8. The van der Waals surface area contributed by atoms with Crippen LogP contribution in [0.4, 0.5) is 0 Å². The quantitative estimate of drug-likeness (QED) is 0.825. The van der Waals surface area contributed by atoms with Crippen molar-refractivity contribution in [1.29, 1.82) is 0 Å². The van der Waals surface area contributed by atoms with E-state index in [-0.39, 0.29) is 11.9 Å². The Morgan fingerprint density at radius 2 is 1.85 bits per heavy atom. The van der Waals surface area contributed by atoms with Gasteiger partial charge in [0.2, 0.25) is 10.0 Å². The molecule has 144 valence electrons. The first-order chi connectivity index (χ1) is 12.9. The lowest BCUT2D eigenvalue weighted by Crippen LogP contribution is -2.49. The Labute approximate surface area is 160 Å². The smallest absolute Gasteiger partial charge is 0.251 e. The van der Waals surface area contributed by atoms with Gasteiger partial charge in [-0.2, -0.15) is 0 Å². The summed E-state index contributed by atoms with van der Waals surface area (Å²) < 4.78 is 30.5. The molecule has 0 aromatic heterocycles. The number of nitrogens with one attached hydrogen (secondary N) is 1. The number of hydrogen-bond donors (Lipinski definition) is 1. The Balaban J connectivity index is 1.54. The number of sulfonamides is 1. The van der Waals surface area contributed by atoms with E-state index in [1.165, 1.54) is 10.6 Å². The monoisotopic (exact) mass is 388 g/mol. The Hall–Kier alpha value is -2.38. The van der Waals surface area contributed by atoms with E-state index < -0.39 is 10.0 Å². The van der Waals surface area contributed by atoms with E-state index in [9.17, 15) is 13.2 Å². The van der Waals surface area contributed by atoms with Gasteiger partial charge in [0, 0.05) is 24.7 Å². The van der Waals surface area contributed by atoms with E-state index in [1.807, 2.05) is 30.3 Å². The Morgan fingerprint density at radius 3 is 2.52 bits per heavy atom. The van der Waals surface area contributed by atoms with Crippen molar-refractivity contribution in [2.24, 2.45) is 0 Å². The molecule has 3 rings (SSSR count). The molecule has 1 fully saturated rings. The van der Waals surface area contributed by atoms with Gasteiger partial charge < -0.3 is 10.1 Å². The second kappa shape index (κ2) is 8.54. The molecule has 1 atom stereocenters. The summed E-state index contributed by atoms with van der Waals surface area (Å²) in [6.07, 6.45) is 2.71. The largest absolute Gasteiger partial charge is 0.489 e. The summed E-state index contributed by atoms with van der Waals surface area (Å²) in [6, 6.07) is 16.7. The minimum absolute atomic E-state index is 0.171. The molecule has 1 amide bonds. The Bertz CT molecular complexity index is 867. The number of piperidine rings is 1. The second-order valence-electron chi connectivity index (χ2n) is 6.73. The molecule has 2 aromatic carbocycles. The Kier molecular flexibility index (Phi) is 6.13. The van der Waals surface area contributed by atoms with Gasteiger partial charge in [0.05, 0.1) is 6.26 Å². The van der Waals surface area contributed by atoms with Crippen LogP contribution in [0.2, 0.25) is 0 Å². The molecular weight excluding hydrogens is 364 g/mol. The van der Waals surface area contributed by atoms with E-state index in [0.717, 1.165) is 18.4 Å². The molecule has 0 saturated carbocycles. The number of nitrogens with zero attached hydrogens (tertiary/aromatic N) is 1. The van der Waals surface area contributed by atoms with Gasteiger partial charge in [-0.1, -0.05) is 30.3 Å². The summed E-state index contributed by atoms with van der Waals surface area (Å²) >= 11 is 0. The average Bonchev–Trinajstić information content (AvgIpc) is 2.67. The zero-order valence-corrected chi connectivity index (χ0v) is 16.1. The highest BCUT2D eigenvalue weighted by Gasteiger charge is 2.26. The third-order valence-corrected chi connectivity index (χ3v) is 5.82. The van der Waals surface area contributed by atoms with E-state index in [2.05, 4.69) is 5.32 Å². The van der Waals surface area contributed by atoms with Gasteiger partial charge in [-0.15, -0.1) is 0 Å². The van der Waals surface area contributed by atoms with Gasteiger partial charge in [-0.3, -0.25) is 4.79 Å². The topological polar surface area (TPSA) is 75.7 Å². The molecule has 0 radical (unpaired) electrons. The van der Waals surface area contributed by atoms with Crippen molar-refractivity contribution < 1.29 is 17.9 Å². The van der Waals surface area contributed by atoms with Crippen LogP contribution in [0.3, 0.4) is 0 Å². The van der Waals surface area contributed by atoms with Crippen LogP contribution in [0.15, 0.2) is 54.6 Å². The molecule has 27 heavy (non-hydrogen) atoms. The van der Waals surface area contributed by atoms with Crippen molar-refractivity contribution in [2.45, 2.75) is 25.5 Å². The normalized spacial score (nSPS) is 18.0. The van der Waals surface area contributed by atoms with Crippen molar-refractivity contribution in [2.75, 3.05) is 19.3 Å². The molecule has 2 aromatic rings. The SMILES string of the molecule is CS(=O)(=O)N1CCCC(NC(=O)c2ccc(OCc3ccccc3)cc2)C1. The van der Waals surface area contributed by atoms with E-state index >= 15 is 0 Å². The first kappa shape index (κ1) is 19.4. The number of hydrogen-bond acceptors (Lipinski definition) is 4. The fourth-order valence-electron chi connectivity index (χ4n) is 3.07. The zero-order chi connectivity index (χ0) is 19.3. The standard InChI is InChI=1S/C20H24N2O4S/c1-27(24,25)22-13-5-8-18(14-22)21-20(23)17-9-11-19(12-10-17)26-15-16-6-3-2-4-7-16/h2-4,6-7,9-12,18H,5,8,13-15H2,1H3,(H,21,23). The van der Waals surface area contributed by atoms with Crippen molar-refractivity contribution in [3.8, 4) is 5.75 Å². The van der Waals surface area contributed by atoms with Crippen LogP contribution in [-0.2, 0) is 16.6 Å². The van der Waals surface area contributed by atoms with Crippen LogP contribution in [0, 0.1) is 0 Å². The molecule has 7 heteroatoms. The number of carbonyl (C=O) groups excluding carboxylic acids is 1. The second-order valence-corrected chi connectivity index (χ2v) is 8.71. The van der Waals surface area contributed by atoms with Gasteiger partial charge >= 0.3 is 0 Å². The maximum atomic E-state index is 12.4. The molecule has 1 heterocycles.